The van der Waals surface area contributed by atoms with E-state index in [0.29, 0.717) is 23.8 Å². The van der Waals surface area contributed by atoms with Crippen LogP contribution >= 0.6 is 0 Å². The fourth-order valence-electron chi connectivity index (χ4n) is 1.83. The van der Waals surface area contributed by atoms with Gasteiger partial charge in [-0.15, -0.1) is 0 Å². The summed E-state index contributed by atoms with van der Waals surface area (Å²) in [7, 11) is 6.68. The average Bonchev–Trinajstić information content (AvgIpc) is 2.49. The molecule has 1 aromatic carbocycles. The van der Waals surface area contributed by atoms with Gasteiger partial charge in [0.05, 0.1) is 33.9 Å². The number of ether oxygens (including phenoxy) is 3. The van der Waals surface area contributed by atoms with E-state index in [9.17, 15) is 0 Å². The van der Waals surface area contributed by atoms with Gasteiger partial charge in [-0.25, -0.2) is 10.4 Å². The normalized spacial score (nSPS) is 10.2. The number of hydrogen-bond donors (Lipinski definition) is 1. The molecule has 0 fully saturated rings. The first-order chi connectivity index (χ1) is 9.65. The van der Waals surface area contributed by atoms with E-state index in [1.54, 1.807) is 21.3 Å². The topological polar surface area (TPSA) is 66.8 Å². The Morgan fingerprint density at radius 2 is 1.75 bits per heavy atom. The SMILES string of the molecule is COc1cc(CCN(C)NCC#N)cc(OC)c1OC. The van der Waals surface area contributed by atoms with Gasteiger partial charge in [0.1, 0.15) is 0 Å². The fourth-order valence-corrected chi connectivity index (χ4v) is 1.83. The third-order valence-electron chi connectivity index (χ3n) is 2.89. The van der Waals surface area contributed by atoms with Crippen LogP contribution in [0.15, 0.2) is 12.1 Å². The zero-order valence-corrected chi connectivity index (χ0v) is 12.4. The van der Waals surface area contributed by atoms with Gasteiger partial charge in [-0.05, 0) is 24.1 Å². The molecule has 0 aliphatic carbocycles. The third-order valence-corrected chi connectivity index (χ3v) is 2.89. The number of likely N-dealkylation sites (N-methyl/N-ethyl adjacent to an activating group) is 1. The smallest absolute Gasteiger partial charge is 0.203 e. The number of nitrogens with zero attached hydrogens (tertiary/aromatic N) is 2. The molecule has 1 aromatic rings. The first-order valence-corrected chi connectivity index (χ1v) is 6.26. The van der Waals surface area contributed by atoms with Gasteiger partial charge in [0.25, 0.3) is 0 Å². The Labute approximate surface area is 119 Å². The molecule has 0 radical (unpaired) electrons. The molecular formula is C14H21N3O3. The lowest BCUT2D eigenvalue weighted by Gasteiger charge is -2.17. The summed E-state index contributed by atoms with van der Waals surface area (Å²) in [6.45, 7) is 1.06. The lowest BCUT2D eigenvalue weighted by atomic mass is 10.1. The summed E-state index contributed by atoms with van der Waals surface area (Å²) >= 11 is 0. The molecule has 0 aliphatic rings. The van der Waals surface area contributed by atoms with Gasteiger partial charge in [0.2, 0.25) is 5.75 Å². The summed E-state index contributed by atoms with van der Waals surface area (Å²) in [6.07, 6.45) is 0.797. The first-order valence-electron chi connectivity index (χ1n) is 6.26. The minimum absolute atomic E-state index is 0.297. The third kappa shape index (κ3) is 4.30. The molecular weight excluding hydrogens is 258 g/mol. The van der Waals surface area contributed by atoms with Gasteiger partial charge in [-0.1, -0.05) is 0 Å². The molecule has 0 bridgehead atoms. The number of hydrogen-bond acceptors (Lipinski definition) is 6. The largest absolute Gasteiger partial charge is 0.493 e. The second kappa shape index (κ2) is 8.25. The zero-order chi connectivity index (χ0) is 15.0. The van der Waals surface area contributed by atoms with Crippen LogP contribution in [0.5, 0.6) is 17.2 Å². The highest BCUT2D eigenvalue weighted by molar-refractivity contribution is 5.53. The van der Waals surface area contributed by atoms with Gasteiger partial charge in [-0.3, -0.25) is 0 Å². The average molecular weight is 279 g/mol. The van der Waals surface area contributed by atoms with E-state index in [-0.39, 0.29) is 0 Å². The Bertz CT molecular complexity index is 446. The molecule has 6 nitrogen and oxygen atoms in total. The molecule has 0 unspecified atom stereocenters. The Hall–Kier alpha value is -1.97. The number of rotatable bonds is 8. The van der Waals surface area contributed by atoms with Crippen LogP contribution in [0.3, 0.4) is 0 Å². The van der Waals surface area contributed by atoms with E-state index in [1.165, 1.54) is 0 Å². The number of methoxy groups -OCH3 is 3. The van der Waals surface area contributed by atoms with Gasteiger partial charge in [0, 0.05) is 13.6 Å². The van der Waals surface area contributed by atoms with Crippen LogP contribution in [0, 0.1) is 11.3 Å². The zero-order valence-electron chi connectivity index (χ0n) is 12.4. The molecule has 0 amide bonds. The van der Waals surface area contributed by atoms with Crippen molar-refractivity contribution in [2.24, 2.45) is 0 Å². The van der Waals surface area contributed by atoms with E-state index in [4.69, 9.17) is 19.5 Å². The van der Waals surface area contributed by atoms with Crippen molar-refractivity contribution in [3.05, 3.63) is 17.7 Å². The Morgan fingerprint density at radius 3 is 2.20 bits per heavy atom. The summed E-state index contributed by atoms with van der Waals surface area (Å²) in [5.41, 5.74) is 4.04. The molecule has 110 valence electrons. The lowest BCUT2D eigenvalue weighted by Crippen LogP contribution is -2.36. The summed E-state index contributed by atoms with van der Waals surface area (Å²) < 4.78 is 15.9. The summed E-state index contributed by atoms with van der Waals surface area (Å²) in [6, 6.07) is 5.90. The van der Waals surface area contributed by atoms with Crippen LogP contribution in [0.2, 0.25) is 0 Å². The van der Waals surface area contributed by atoms with Crippen molar-refractivity contribution in [2.75, 3.05) is 41.5 Å². The van der Waals surface area contributed by atoms with Crippen LogP contribution in [0.4, 0.5) is 0 Å². The van der Waals surface area contributed by atoms with E-state index < -0.39 is 0 Å². The predicted octanol–water partition coefficient (Wildman–Crippen LogP) is 1.21. The molecule has 0 saturated carbocycles. The Balaban J connectivity index is 2.78. The quantitative estimate of drug-likeness (QED) is 0.570. The lowest BCUT2D eigenvalue weighted by molar-refractivity contribution is 0.252. The molecule has 1 N–H and O–H groups in total. The van der Waals surface area contributed by atoms with Crippen LogP contribution in [0.1, 0.15) is 5.56 Å². The predicted molar refractivity (Wildman–Crippen MR) is 76.0 cm³/mol. The van der Waals surface area contributed by atoms with Crippen LogP contribution in [-0.2, 0) is 6.42 Å². The molecule has 0 atom stereocenters. The number of benzene rings is 1. The Kier molecular flexibility index (Phi) is 6.64. The van der Waals surface area contributed by atoms with Crippen LogP contribution in [0.25, 0.3) is 0 Å². The van der Waals surface area contributed by atoms with Crippen molar-refractivity contribution in [2.45, 2.75) is 6.42 Å². The maximum Gasteiger partial charge on any atom is 0.203 e. The molecule has 0 aromatic heterocycles. The number of hydrazine groups is 1. The van der Waals surface area contributed by atoms with E-state index in [1.807, 2.05) is 30.3 Å². The minimum Gasteiger partial charge on any atom is -0.493 e. The monoisotopic (exact) mass is 279 g/mol. The van der Waals surface area contributed by atoms with Gasteiger partial charge < -0.3 is 14.2 Å². The minimum atomic E-state index is 0.297. The maximum atomic E-state index is 8.51. The summed E-state index contributed by atoms with van der Waals surface area (Å²) in [5, 5.41) is 10.4. The molecule has 6 heteroatoms. The van der Waals surface area contributed by atoms with Gasteiger partial charge in [-0.2, -0.15) is 5.26 Å². The van der Waals surface area contributed by atoms with Crippen molar-refractivity contribution in [3.63, 3.8) is 0 Å². The van der Waals surface area contributed by atoms with Gasteiger partial charge >= 0.3 is 0 Å². The standard InChI is InChI=1S/C14H21N3O3/c1-17(16-7-6-15)8-5-11-9-12(18-2)14(20-4)13(10-11)19-3/h9-10,16H,5,7-8H2,1-4H3. The second-order valence-corrected chi connectivity index (χ2v) is 4.20. The maximum absolute atomic E-state index is 8.51. The fraction of sp³-hybridized carbons (Fsp3) is 0.500. The van der Waals surface area contributed by atoms with E-state index in [0.717, 1.165) is 18.5 Å². The molecule has 0 saturated heterocycles. The molecule has 0 heterocycles. The van der Waals surface area contributed by atoms with Gasteiger partial charge in [0.15, 0.2) is 11.5 Å². The first kappa shape index (κ1) is 16.1. The number of nitriles is 1. The highest BCUT2D eigenvalue weighted by Crippen LogP contribution is 2.38. The molecule has 0 spiro atoms. The van der Waals surface area contributed by atoms with E-state index in [2.05, 4.69) is 5.43 Å². The Morgan fingerprint density at radius 1 is 1.15 bits per heavy atom. The summed E-state index contributed by atoms with van der Waals surface area (Å²) in [4.78, 5) is 0. The molecule has 20 heavy (non-hydrogen) atoms. The van der Waals surface area contributed by atoms with Crippen LogP contribution < -0.4 is 19.6 Å². The highest BCUT2D eigenvalue weighted by atomic mass is 16.5. The highest BCUT2D eigenvalue weighted by Gasteiger charge is 2.13. The van der Waals surface area contributed by atoms with Crippen molar-refractivity contribution in [1.29, 1.82) is 5.26 Å². The number of nitrogens with one attached hydrogen (secondary N) is 1. The summed E-state index contributed by atoms with van der Waals surface area (Å²) in [5.74, 6) is 1.89. The van der Waals surface area contributed by atoms with Crippen molar-refractivity contribution >= 4 is 0 Å². The van der Waals surface area contributed by atoms with Crippen LogP contribution in [-0.4, -0.2) is 46.5 Å². The van der Waals surface area contributed by atoms with Crippen molar-refractivity contribution in [3.8, 4) is 23.3 Å². The molecule has 1 rings (SSSR count). The molecule has 0 aliphatic heterocycles. The second-order valence-electron chi connectivity index (χ2n) is 4.20. The van der Waals surface area contributed by atoms with E-state index >= 15 is 0 Å². The van der Waals surface area contributed by atoms with Crippen molar-refractivity contribution in [1.82, 2.24) is 10.4 Å². The van der Waals surface area contributed by atoms with Crippen molar-refractivity contribution < 1.29 is 14.2 Å².